The quantitative estimate of drug-likeness (QED) is 0.545. The van der Waals surface area contributed by atoms with Gasteiger partial charge in [0.1, 0.15) is 12.0 Å². The molecule has 5 rings (SSSR count). The van der Waals surface area contributed by atoms with Crippen molar-refractivity contribution in [3.8, 4) is 11.3 Å². The van der Waals surface area contributed by atoms with Crippen molar-refractivity contribution in [2.75, 3.05) is 19.6 Å². The Morgan fingerprint density at radius 1 is 1.03 bits per heavy atom. The minimum atomic E-state index is -3.65. The third-order valence-corrected chi connectivity index (χ3v) is 8.54. The lowest BCUT2D eigenvalue weighted by Gasteiger charge is -2.40. The highest BCUT2D eigenvalue weighted by Gasteiger charge is 2.35. The molecule has 1 aliphatic heterocycles. The number of sulfonamides is 1. The maximum absolute atomic E-state index is 13.4. The van der Waals surface area contributed by atoms with Gasteiger partial charge in [-0.05, 0) is 43.4 Å². The van der Waals surface area contributed by atoms with Crippen LogP contribution in [0.2, 0.25) is 0 Å². The standard InChI is InChI=1S/C26H30N4O4S/c31-26(30-15-14-27-16-25(30)20-4-2-1-3-5-20)21-6-10-22(11-7-21)29-35(32,33)23-12-8-19(9-13-23)24-17-34-18-28-24/h1-5,8-9,12-13,17-18,21-22,25,27,29H,6-7,10-11,14-16H2. The molecule has 8 nitrogen and oxygen atoms in total. The summed E-state index contributed by atoms with van der Waals surface area (Å²) in [6.45, 7) is 2.23. The molecule has 9 heteroatoms. The lowest BCUT2D eigenvalue weighted by Crippen LogP contribution is -2.51. The Balaban J connectivity index is 1.19. The molecule has 2 fully saturated rings. The van der Waals surface area contributed by atoms with E-state index in [4.69, 9.17) is 4.42 Å². The van der Waals surface area contributed by atoms with Gasteiger partial charge in [-0.3, -0.25) is 4.79 Å². The zero-order chi connectivity index (χ0) is 24.3. The first-order valence-corrected chi connectivity index (χ1v) is 13.6. The summed E-state index contributed by atoms with van der Waals surface area (Å²) >= 11 is 0. The molecule has 2 N–H and O–H groups in total. The number of carbonyl (C=O) groups is 1. The van der Waals surface area contributed by atoms with Crippen molar-refractivity contribution in [2.45, 2.75) is 42.7 Å². The topological polar surface area (TPSA) is 105 Å². The molecule has 1 atom stereocenters. The first kappa shape index (κ1) is 23.7. The van der Waals surface area contributed by atoms with Crippen molar-refractivity contribution in [2.24, 2.45) is 5.92 Å². The average Bonchev–Trinajstić information content (AvgIpc) is 3.44. The minimum absolute atomic E-state index is 0.0360. The molecule has 1 saturated carbocycles. The lowest BCUT2D eigenvalue weighted by atomic mass is 9.85. The summed E-state index contributed by atoms with van der Waals surface area (Å²) in [4.78, 5) is 19.7. The molecule has 35 heavy (non-hydrogen) atoms. The Hall–Kier alpha value is -3.01. The van der Waals surface area contributed by atoms with E-state index in [-0.39, 0.29) is 28.8 Å². The summed E-state index contributed by atoms with van der Waals surface area (Å²) in [6, 6.07) is 16.6. The number of hydrogen-bond acceptors (Lipinski definition) is 6. The van der Waals surface area contributed by atoms with Crippen molar-refractivity contribution in [1.29, 1.82) is 0 Å². The summed E-state index contributed by atoms with van der Waals surface area (Å²) in [5.41, 5.74) is 2.59. The summed E-state index contributed by atoms with van der Waals surface area (Å²) < 4.78 is 33.7. The molecule has 3 aromatic rings. The van der Waals surface area contributed by atoms with Gasteiger partial charge in [-0.2, -0.15) is 0 Å². The number of oxazole rings is 1. The van der Waals surface area contributed by atoms with Gasteiger partial charge in [-0.15, -0.1) is 0 Å². The first-order valence-electron chi connectivity index (χ1n) is 12.1. The van der Waals surface area contributed by atoms with Crippen molar-refractivity contribution in [1.82, 2.24) is 19.9 Å². The van der Waals surface area contributed by atoms with Crippen molar-refractivity contribution in [3.05, 3.63) is 72.8 Å². The van der Waals surface area contributed by atoms with Crippen molar-refractivity contribution in [3.63, 3.8) is 0 Å². The van der Waals surface area contributed by atoms with Gasteiger partial charge in [0, 0.05) is 37.2 Å². The largest absolute Gasteiger partial charge is 0.451 e. The molecule has 0 spiro atoms. The van der Waals surface area contributed by atoms with E-state index in [0.717, 1.165) is 24.2 Å². The number of benzene rings is 2. The Morgan fingerprint density at radius 3 is 2.46 bits per heavy atom. The van der Waals surface area contributed by atoms with Crippen LogP contribution in [0.3, 0.4) is 0 Å². The lowest BCUT2D eigenvalue weighted by molar-refractivity contribution is -0.140. The van der Waals surface area contributed by atoms with Gasteiger partial charge in [-0.1, -0.05) is 42.5 Å². The normalized spacial score (nSPS) is 23.2. The number of carbonyl (C=O) groups excluding carboxylic acids is 1. The fourth-order valence-electron chi connectivity index (χ4n) is 5.08. The van der Waals surface area contributed by atoms with Crippen LogP contribution in [0.4, 0.5) is 0 Å². The Morgan fingerprint density at radius 2 is 1.77 bits per heavy atom. The number of hydrogen-bond donors (Lipinski definition) is 2. The van der Waals surface area contributed by atoms with Gasteiger partial charge in [0.25, 0.3) is 0 Å². The number of amides is 1. The Bertz CT molecular complexity index is 1220. The number of nitrogens with zero attached hydrogens (tertiary/aromatic N) is 2. The monoisotopic (exact) mass is 494 g/mol. The molecule has 2 aromatic carbocycles. The zero-order valence-electron chi connectivity index (χ0n) is 19.5. The van der Waals surface area contributed by atoms with Crippen LogP contribution in [0.15, 0.2) is 76.6 Å². The van der Waals surface area contributed by atoms with Crippen LogP contribution in [0, 0.1) is 5.92 Å². The van der Waals surface area contributed by atoms with Gasteiger partial charge in [0.05, 0.1) is 10.9 Å². The van der Waals surface area contributed by atoms with Crippen molar-refractivity contribution >= 4 is 15.9 Å². The van der Waals surface area contributed by atoms with Crippen LogP contribution < -0.4 is 10.0 Å². The molecule has 0 radical (unpaired) electrons. The van der Waals surface area contributed by atoms with Gasteiger partial charge < -0.3 is 14.6 Å². The van der Waals surface area contributed by atoms with Crippen LogP contribution in [0.25, 0.3) is 11.3 Å². The summed E-state index contributed by atoms with van der Waals surface area (Å²) in [5.74, 6) is 0.118. The molecule has 184 valence electrons. The second kappa shape index (κ2) is 10.3. The third-order valence-electron chi connectivity index (χ3n) is 7.00. The van der Waals surface area contributed by atoms with Gasteiger partial charge in [0.15, 0.2) is 6.39 Å². The average molecular weight is 495 g/mol. The maximum Gasteiger partial charge on any atom is 0.240 e. The van der Waals surface area contributed by atoms with E-state index in [9.17, 15) is 13.2 Å². The molecular formula is C26H30N4O4S. The highest BCUT2D eigenvalue weighted by molar-refractivity contribution is 7.89. The van der Waals surface area contributed by atoms with E-state index in [1.807, 2.05) is 23.1 Å². The number of aromatic nitrogens is 1. The van der Waals surface area contributed by atoms with E-state index in [1.54, 1.807) is 24.3 Å². The minimum Gasteiger partial charge on any atom is -0.451 e. The van der Waals surface area contributed by atoms with E-state index in [0.29, 0.717) is 37.9 Å². The Kier molecular flexibility index (Phi) is 6.99. The summed E-state index contributed by atoms with van der Waals surface area (Å²) in [6.07, 6.45) is 5.52. The maximum atomic E-state index is 13.4. The highest BCUT2D eigenvalue weighted by Crippen LogP contribution is 2.31. The van der Waals surface area contributed by atoms with Gasteiger partial charge >= 0.3 is 0 Å². The molecule has 0 bridgehead atoms. The predicted molar refractivity (Wildman–Crippen MR) is 132 cm³/mol. The third kappa shape index (κ3) is 5.32. The van der Waals surface area contributed by atoms with Crippen LogP contribution in [-0.2, 0) is 14.8 Å². The predicted octanol–water partition coefficient (Wildman–Crippen LogP) is 3.35. The fraction of sp³-hybridized carbons (Fsp3) is 0.385. The Labute approximate surface area is 205 Å². The van der Waals surface area contributed by atoms with Crippen LogP contribution in [0.5, 0.6) is 0 Å². The smallest absolute Gasteiger partial charge is 0.240 e. The SMILES string of the molecule is O=C(C1CCC(NS(=O)(=O)c2ccc(-c3cocn3)cc2)CC1)N1CCNCC1c1ccccc1. The van der Waals surface area contributed by atoms with Gasteiger partial charge in [-0.25, -0.2) is 18.1 Å². The fourth-order valence-corrected chi connectivity index (χ4v) is 6.39. The second-order valence-electron chi connectivity index (χ2n) is 9.23. The van der Waals surface area contributed by atoms with E-state index in [1.165, 1.54) is 12.7 Å². The molecular weight excluding hydrogens is 464 g/mol. The zero-order valence-corrected chi connectivity index (χ0v) is 20.3. The molecule has 1 saturated heterocycles. The van der Waals surface area contributed by atoms with Crippen LogP contribution in [-0.4, -0.2) is 49.9 Å². The van der Waals surface area contributed by atoms with Crippen LogP contribution >= 0.6 is 0 Å². The molecule has 1 aromatic heterocycles. The molecule has 2 aliphatic rings. The van der Waals surface area contributed by atoms with Crippen LogP contribution in [0.1, 0.15) is 37.3 Å². The van der Waals surface area contributed by atoms with E-state index >= 15 is 0 Å². The number of rotatable bonds is 6. The number of piperazine rings is 1. The van der Waals surface area contributed by atoms with E-state index in [2.05, 4.69) is 27.2 Å². The van der Waals surface area contributed by atoms with Gasteiger partial charge in [0.2, 0.25) is 15.9 Å². The molecule has 2 heterocycles. The highest BCUT2D eigenvalue weighted by atomic mass is 32.2. The number of nitrogens with one attached hydrogen (secondary N) is 2. The van der Waals surface area contributed by atoms with E-state index < -0.39 is 10.0 Å². The summed E-state index contributed by atoms with van der Waals surface area (Å²) in [7, 11) is -3.65. The molecule has 1 amide bonds. The molecule has 1 aliphatic carbocycles. The van der Waals surface area contributed by atoms with Crippen molar-refractivity contribution < 1.29 is 17.6 Å². The second-order valence-corrected chi connectivity index (χ2v) is 10.9. The first-order chi connectivity index (χ1) is 17.0. The molecule has 1 unspecified atom stereocenters. The summed E-state index contributed by atoms with van der Waals surface area (Å²) in [5, 5.41) is 3.40.